The second-order valence-corrected chi connectivity index (χ2v) is 8.94. The Labute approximate surface area is 194 Å². The van der Waals surface area contributed by atoms with Crippen molar-refractivity contribution in [2.24, 2.45) is 7.05 Å². The molecule has 10 heteroatoms. The van der Waals surface area contributed by atoms with E-state index in [-0.39, 0.29) is 24.4 Å². The third-order valence-corrected chi connectivity index (χ3v) is 6.50. The number of aromatic nitrogens is 3. The molecule has 4 heterocycles. The van der Waals surface area contributed by atoms with E-state index in [9.17, 15) is 14.7 Å². The molecule has 1 atom stereocenters. The summed E-state index contributed by atoms with van der Waals surface area (Å²) < 4.78 is 1.89. The zero-order chi connectivity index (χ0) is 23.4. The lowest BCUT2D eigenvalue weighted by molar-refractivity contribution is -0.129. The lowest BCUT2D eigenvalue weighted by Crippen LogP contribution is -2.42. The number of amides is 2. The van der Waals surface area contributed by atoms with Crippen molar-refractivity contribution in [3.63, 3.8) is 0 Å². The minimum Gasteiger partial charge on any atom is -0.390 e. The van der Waals surface area contributed by atoms with Crippen molar-refractivity contribution in [1.82, 2.24) is 29.9 Å². The standard InChI is InChI=1S/C23H33N7O3/c1-16(31)30-9-5-19(6-10-30)27-22-11-17(3-7-24-22)23(33)25-13-20(32)14-29-8-4-18-12-26-28(2)21(18)15-29/h3,7,11-12,19-20,32H,4-6,8-10,13-15H2,1-2H3,(H,24,27)(H,25,33). The molecule has 178 valence electrons. The molecule has 0 radical (unpaired) electrons. The van der Waals surface area contributed by atoms with Gasteiger partial charge in [-0.1, -0.05) is 0 Å². The summed E-state index contributed by atoms with van der Waals surface area (Å²) >= 11 is 0. The molecule has 2 aliphatic heterocycles. The summed E-state index contributed by atoms with van der Waals surface area (Å²) in [6, 6.07) is 3.62. The molecule has 2 aliphatic rings. The van der Waals surface area contributed by atoms with E-state index in [2.05, 4.69) is 25.6 Å². The molecule has 0 aliphatic carbocycles. The molecule has 1 unspecified atom stereocenters. The smallest absolute Gasteiger partial charge is 0.251 e. The quantitative estimate of drug-likeness (QED) is 0.553. The molecule has 0 saturated carbocycles. The number of anilines is 1. The van der Waals surface area contributed by atoms with E-state index in [4.69, 9.17) is 0 Å². The molecule has 0 bridgehead atoms. The van der Waals surface area contributed by atoms with Crippen LogP contribution < -0.4 is 10.6 Å². The topological polar surface area (TPSA) is 116 Å². The van der Waals surface area contributed by atoms with Crippen LogP contribution in [-0.4, -0.2) is 86.4 Å². The first kappa shape index (κ1) is 23.2. The minimum absolute atomic E-state index is 0.106. The highest BCUT2D eigenvalue weighted by molar-refractivity contribution is 5.94. The molecular weight excluding hydrogens is 422 g/mol. The van der Waals surface area contributed by atoms with Gasteiger partial charge in [0.15, 0.2) is 0 Å². The number of carbonyl (C=O) groups is 2. The molecule has 33 heavy (non-hydrogen) atoms. The number of nitrogens with zero attached hydrogens (tertiary/aromatic N) is 5. The fourth-order valence-electron chi connectivity index (χ4n) is 4.52. The monoisotopic (exact) mass is 455 g/mol. The second kappa shape index (κ2) is 10.3. The highest BCUT2D eigenvalue weighted by atomic mass is 16.3. The molecule has 2 aromatic heterocycles. The summed E-state index contributed by atoms with van der Waals surface area (Å²) in [7, 11) is 1.94. The number of aryl methyl sites for hydroxylation is 1. The van der Waals surface area contributed by atoms with Crippen molar-refractivity contribution in [3.8, 4) is 0 Å². The zero-order valence-corrected chi connectivity index (χ0v) is 19.3. The molecule has 1 saturated heterocycles. The van der Waals surface area contributed by atoms with E-state index in [0.717, 1.165) is 45.4 Å². The molecule has 10 nitrogen and oxygen atoms in total. The summed E-state index contributed by atoms with van der Waals surface area (Å²) in [6.45, 7) is 5.34. The minimum atomic E-state index is -0.658. The molecule has 0 spiro atoms. The Balaban J connectivity index is 1.23. The van der Waals surface area contributed by atoms with E-state index in [1.807, 2.05) is 22.8 Å². The van der Waals surface area contributed by atoms with Gasteiger partial charge in [-0.15, -0.1) is 0 Å². The molecule has 0 aromatic carbocycles. The van der Waals surface area contributed by atoms with Gasteiger partial charge in [0.2, 0.25) is 5.91 Å². The van der Waals surface area contributed by atoms with Crippen LogP contribution in [0, 0.1) is 0 Å². The van der Waals surface area contributed by atoms with Crippen LogP contribution >= 0.6 is 0 Å². The summed E-state index contributed by atoms with van der Waals surface area (Å²) in [5, 5.41) is 21.0. The SMILES string of the molecule is CC(=O)N1CCC(Nc2cc(C(=O)NCC(O)CN3CCc4cnn(C)c4C3)ccn2)CC1. The fraction of sp³-hybridized carbons (Fsp3) is 0.565. The average molecular weight is 456 g/mol. The van der Waals surface area contributed by atoms with Crippen molar-refractivity contribution in [1.29, 1.82) is 0 Å². The third-order valence-electron chi connectivity index (χ3n) is 6.50. The second-order valence-electron chi connectivity index (χ2n) is 8.94. The molecule has 2 amide bonds. The predicted octanol–water partition coefficient (Wildman–Crippen LogP) is 0.387. The largest absolute Gasteiger partial charge is 0.390 e. The summed E-state index contributed by atoms with van der Waals surface area (Å²) in [4.78, 5) is 32.5. The number of likely N-dealkylation sites (tertiary alicyclic amines) is 1. The number of fused-ring (bicyclic) bond motifs is 1. The number of β-amino-alcohol motifs (C(OH)–C–C–N with tert-alkyl or cyclic N) is 1. The van der Waals surface area contributed by atoms with Crippen LogP contribution in [0.15, 0.2) is 24.5 Å². The Morgan fingerprint density at radius 2 is 2.06 bits per heavy atom. The first-order valence-electron chi connectivity index (χ1n) is 11.6. The normalized spacial score (nSPS) is 18.0. The van der Waals surface area contributed by atoms with E-state index in [1.165, 1.54) is 11.3 Å². The molecular formula is C23H33N7O3. The lowest BCUT2D eigenvalue weighted by atomic mass is 10.0. The van der Waals surface area contributed by atoms with Crippen molar-refractivity contribution >= 4 is 17.6 Å². The number of hydrogen-bond donors (Lipinski definition) is 3. The Morgan fingerprint density at radius 1 is 1.27 bits per heavy atom. The maximum absolute atomic E-state index is 12.6. The van der Waals surface area contributed by atoms with Gasteiger partial charge in [0.05, 0.1) is 18.0 Å². The Hall–Kier alpha value is -2.98. The number of aliphatic hydroxyl groups is 1. The van der Waals surface area contributed by atoms with Gasteiger partial charge < -0.3 is 20.6 Å². The Morgan fingerprint density at radius 3 is 2.82 bits per heavy atom. The maximum Gasteiger partial charge on any atom is 0.251 e. The molecule has 1 fully saturated rings. The van der Waals surface area contributed by atoms with Gasteiger partial charge in [-0.3, -0.25) is 19.2 Å². The van der Waals surface area contributed by atoms with Gasteiger partial charge in [0.25, 0.3) is 5.91 Å². The first-order valence-corrected chi connectivity index (χ1v) is 11.6. The van der Waals surface area contributed by atoms with Gasteiger partial charge in [-0.2, -0.15) is 5.10 Å². The van der Waals surface area contributed by atoms with Crippen molar-refractivity contribution in [3.05, 3.63) is 41.3 Å². The Bertz CT molecular complexity index is 984. The summed E-state index contributed by atoms with van der Waals surface area (Å²) in [6.07, 6.45) is 5.48. The van der Waals surface area contributed by atoms with E-state index < -0.39 is 6.10 Å². The number of rotatable bonds is 7. The van der Waals surface area contributed by atoms with Crippen molar-refractivity contribution < 1.29 is 14.7 Å². The van der Waals surface area contributed by atoms with Gasteiger partial charge in [0.1, 0.15) is 5.82 Å². The molecule has 3 N–H and O–H groups in total. The van der Waals surface area contributed by atoms with Gasteiger partial charge in [-0.25, -0.2) is 4.98 Å². The first-order chi connectivity index (χ1) is 15.9. The maximum atomic E-state index is 12.6. The number of piperidine rings is 1. The number of pyridine rings is 1. The van der Waals surface area contributed by atoms with Crippen LogP contribution in [0.1, 0.15) is 41.4 Å². The van der Waals surface area contributed by atoms with Gasteiger partial charge >= 0.3 is 0 Å². The zero-order valence-electron chi connectivity index (χ0n) is 19.3. The number of nitrogens with one attached hydrogen (secondary N) is 2. The Kier molecular flexibility index (Phi) is 7.24. The van der Waals surface area contributed by atoms with E-state index in [0.29, 0.717) is 17.9 Å². The predicted molar refractivity (Wildman–Crippen MR) is 124 cm³/mol. The van der Waals surface area contributed by atoms with Crippen LogP contribution in [0.4, 0.5) is 5.82 Å². The summed E-state index contributed by atoms with van der Waals surface area (Å²) in [5.41, 5.74) is 2.95. The third kappa shape index (κ3) is 5.88. The number of aliphatic hydroxyl groups excluding tert-OH is 1. The van der Waals surface area contributed by atoms with Crippen LogP contribution in [0.3, 0.4) is 0 Å². The van der Waals surface area contributed by atoms with Gasteiger partial charge in [0, 0.05) is 71.0 Å². The number of carbonyl (C=O) groups excluding carboxylic acids is 2. The fourth-order valence-corrected chi connectivity index (χ4v) is 4.52. The highest BCUT2D eigenvalue weighted by Crippen LogP contribution is 2.18. The lowest BCUT2D eigenvalue weighted by Gasteiger charge is -2.32. The van der Waals surface area contributed by atoms with Crippen LogP contribution in [0.2, 0.25) is 0 Å². The van der Waals surface area contributed by atoms with Crippen LogP contribution in [0.5, 0.6) is 0 Å². The van der Waals surface area contributed by atoms with Gasteiger partial charge in [-0.05, 0) is 37.0 Å². The summed E-state index contributed by atoms with van der Waals surface area (Å²) in [5.74, 6) is 0.512. The van der Waals surface area contributed by atoms with Crippen LogP contribution in [-0.2, 0) is 24.8 Å². The van der Waals surface area contributed by atoms with E-state index in [1.54, 1.807) is 25.3 Å². The number of hydrogen-bond acceptors (Lipinski definition) is 7. The van der Waals surface area contributed by atoms with Crippen molar-refractivity contribution in [2.45, 2.75) is 44.9 Å². The highest BCUT2D eigenvalue weighted by Gasteiger charge is 2.23. The van der Waals surface area contributed by atoms with Crippen LogP contribution in [0.25, 0.3) is 0 Å². The molecule has 2 aromatic rings. The average Bonchev–Trinajstić information content (AvgIpc) is 3.18. The van der Waals surface area contributed by atoms with E-state index >= 15 is 0 Å². The molecule has 4 rings (SSSR count). The van der Waals surface area contributed by atoms with Crippen molar-refractivity contribution in [2.75, 3.05) is 38.0 Å².